The molecule has 6 rings (SSSR count). The molecule has 2 fully saturated rings. The minimum Gasteiger partial charge on any atom is -0.494 e. The third-order valence-electron chi connectivity index (χ3n) is 10.6. The number of pyridine rings is 1. The second kappa shape index (κ2) is 17.6. The van der Waals surface area contributed by atoms with Crippen molar-refractivity contribution in [2.24, 2.45) is 0 Å². The molecule has 0 amide bonds. The van der Waals surface area contributed by atoms with Gasteiger partial charge in [-0.15, -0.1) is 0 Å². The molecule has 3 heterocycles. The molecule has 2 bridgehead atoms. The molecule has 12 heteroatoms. The van der Waals surface area contributed by atoms with Gasteiger partial charge in [0, 0.05) is 54.8 Å². The van der Waals surface area contributed by atoms with E-state index in [1.165, 1.54) is 26.0 Å². The highest BCUT2D eigenvalue weighted by molar-refractivity contribution is 6.32. The number of nitrogens with one attached hydrogen (secondary N) is 1. The number of halogens is 1. The number of hydrogen-bond acceptors (Lipinski definition) is 10. The predicted molar refractivity (Wildman–Crippen MR) is 205 cm³/mol. The molecule has 0 aliphatic carbocycles. The van der Waals surface area contributed by atoms with Crippen LogP contribution in [0.3, 0.4) is 0 Å². The number of ether oxygens (including phenoxy) is 3. The van der Waals surface area contributed by atoms with Crippen LogP contribution >= 0.6 is 11.6 Å². The monoisotopic (exact) mass is 754 g/mol. The molecule has 4 N–H and O–H groups in total. The van der Waals surface area contributed by atoms with Crippen LogP contribution in [0.4, 0.5) is 0 Å². The number of aliphatic carboxylic acids is 1. The van der Waals surface area contributed by atoms with E-state index in [4.69, 9.17) is 25.8 Å². The van der Waals surface area contributed by atoms with Gasteiger partial charge >= 0.3 is 5.97 Å². The molecule has 4 atom stereocenters. The van der Waals surface area contributed by atoms with E-state index in [9.17, 15) is 25.4 Å². The summed E-state index contributed by atoms with van der Waals surface area (Å²) >= 11 is 6.73. The normalized spacial score (nSPS) is 19.1. The van der Waals surface area contributed by atoms with E-state index in [1.807, 2.05) is 24.3 Å². The Morgan fingerprint density at radius 1 is 1.02 bits per heavy atom. The van der Waals surface area contributed by atoms with E-state index in [2.05, 4.69) is 46.4 Å². The van der Waals surface area contributed by atoms with Crippen molar-refractivity contribution in [3.05, 3.63) is 106 Å². The molecular formula is C42H47ClN4O7. The lowest BCUT2D eigenvalue weighted by atomic mass is 9.96. The van der Waals surface area contributed by atoms with E-state index in [0.29, 0.717) is 51.9 Å². The number of carboxylic acid groups (broad SMARTS) is 1. The van der Waals surface area contributed by atoms with Crippen LogP contribution in [-0.2, 0) is 24.6 Å². The van der Waals surface area contributed by atoms with Crippen molar-refractivity contribution >= 4 is 17.6 Å². The largest absolute Gasteiger partial charge is 0.494 e. The van der Waals surface area contributed by atoms with Crippen molar-refractivity contribution in [3.8, 4) is 34.4 Å². The lowest BCUT2D eigenvalue weighted by molar-refractivity contribution is -0.145. The summed E-state index contributed by atoms with van der Waals surface area (Å²) in [5, 5.41) is 42.0. The minimum atomic E-state index is -1.59. The molecule has 2 saturated heterocycles. The van der Waals surface area contributed by atoms with E-state index in [-0.39, 0.29) is 25.9 Å². The molecule has 0 unspecified atom stereocenters. The number of fused-ring (bicyclic) bond motifs is 2. The highest BCUT2D eigenvalue weighted by atomic mass is 35.5. The summed E-state index contributed by atoms with van der Waals surface area (Å²) in [5.74, 6) is 0.375. The van der Waals surface area contributed by atoms with Crippen molar-refractivity contribution in [2.45, 2.75) is 89.4 Å². The van der Waals surface area contributed by atoms with Crippen molar-refractivity contribution in [3.63, 3.8) is 0 Å². The van der Waals surface area contributed by atoms with E-state index in [1.54, 1.807) is 24.4 Å². The molecule has 4 aromatic rings. The number of aromatic nitrogens is 1. The third-order valence-corrected chi connectivity index (χ3v) is 10.8. The van der Waals surface area contributed by atoms with E-state index >= 15 is 0 Å². The van der Waals surface area contributed by atoms with E-state index in [0.717, 1.165) is 53.8 Å². The minimum absolute atomic E-state index is 0.0312. The molecule has 3 aromatic carbocycles. The highest BCUT2D eigenvalue weighted by Gasteiger charge is 2.39. The fourth-order valence-corrected chi connectivity index (χ4v) is 7.59. The Kier molecular flexibility index (Phi) is 12.7. The second-order valence-corrected chi connectivity index (χ2v) is 14.8. The Labute approximate surface area is 321 Å². The zero-order valence-electron chi connectivity index (χ0n) is 30.6. The Morgan fingerprint density at radius 3 is 2.52 bits per heavy atom. The number of piperidine rings is 1. The average Bonchev–Trinajstić information content (AvgIpc) is 3.42. The van der Waals surface area contributed by atoms with Gasteiger partial charge < -0.3 is 29.5 Å². The molecule has 1 aromatic heterocycles. The van der Waals surface area contributed by atoms with Crippen LogP contribution in [0.1, 0.15) is 66.8 Å². The lowest BCUT2D eigenvalue weighted by Crippen LogP contribution is -2.52. The van der Waals surface area contributed by atoms with Crippen LogP contribution in [0, 0.1) is 18.3 Å². The Balaban J connectivity index is 1.13. The number of hydrogen-bond donors (Lipinski definition) is 4. The first-order valence-electron chi connectivity index (χ1n) is 18.3. The van der Waals surface area contributed by atoms with Crippen molar-refractivity contribution in [1.82, 2.24) is 15.2 Å². The van der Waals surface area contributed by atoms with Gasteiger partial charge in [-0.25, -0.2) is 0 Å². The number of aliphatic hydroxyl groups is 2. The summed E-state index contributed by atoms with van der Waals surface area (Å²) < 4.78 is 18.6. The van der Waals surface area contributed by atoms with Crippen LogP contribution in [0.15, 0.2) is 73.1 Å². The molecule has 0 radical (unpaired) electrons. The second-order valence-electron chi connectivity index (χ2n) is 14.4. The first-order valence-corrected chi connectivity index (χ1v) is 18.7. The van der Waals surface area contributed by atoms with Crippen LogP contribution < -0.4 is 19.5 Å². The molecule has 2 aliphatic heterocycles. The number of carboxylic acids is 1. The molecule has 0 spiro atoms. The van der Waals surface area contributed by atoms with Gasteiger partial charge in [0.25, 0.3) is 0 Å². The summed E-state index contributed by atoms with van der Waals surface area (Å²) in [5.41, 5.74) is 4.13. The number of carbonyl (C=O) groups is 1. The Morgan fingerprint density at radius 2 is 1.78 bits per heavy atom. The van der Waals surface area contributed by atoms with Crippen LogP contribution in [0.2, 0.25) is 5.02 Å². The standard InChI is InChI=1S/C42H47ClN4O7/c1-27-31(7-4-9-37(27)30-6-3-8-36(15-30)52-13-5-12-47-33-10-11-34(47)18-35(49)17-33)25-54-40-19-39(53-24-29-14-28(20-44)21-45-22-29)32(16-38(40)43)23-46-42(2,26-48)41(50)51/h3-4,6-9,14-16,19,21-22,33-35,46,48-49H,5,10-13,17-18,23-26H2,1-2H3,(H,50,51)/t33-,34+,35+,42-/m1/s1. The molecule has 11 nitrogen and oxygen atoms in total. The van der Waals surface area contributed by atoms with Crippen molar-refractivity contribution in [1.29, 1.82) is 5.26 Å². The summed E-state index contributed by atoms with van der Waals surface area (Å²) in [4.78, 5) is 18.5. The smallest absolute Gasteiger partial charge is 0.326 e. The zero-order valence-corrected chi connectivity index (χ0v) is 31.4. The number of rotatable bonds is 17. The Bertz CT molecular complexity index is 1970. The quantitative estimate of drug-likeness (QED) is 0.0882. The number of nitriles is 1. The van der Waals surface area contributed by atoms with Gasteiger partial charge in [-0.05, 0) is 92.5 Å². The summed E-state index contributed by atoms with van der Waals surface area (Å²) in [6.45, 7) is 4.77. The van der Waals surface area contributed by atoms with Gasteiger partial charge in [-0.2, -0.15) is 5.26 Å². The van der Waals surface area contributed by atoms with Gasteiger partial charge in [0.2, 0.25) is 0 Å². The van der Waals surface area contributed by atoms with Crippen LogP contribution in [-0.4, -0.2) is 74.7 Å². The maximum absolute atomic E-state index is 11.8. The van der Waals surface area contributed by atoms with Crippen LogP contribution in [0.25, 0.3) is 11.1 Å². The van der Waals surface area contributed by atoms with Crippen molar-refractivity contribution in [2.75, 3.05) is 19.8 Å². The zero-order chi connectivity index (χ0) is 38.2. The third kappa shape index (κ3) is 9.32. The van der Waals surface area contributed by atoms with Crippen LogP contribution in [0.5, 0.6) is 17.2 Å². The number of benzene rings is 3. The van der Waals surface area contributed by atoms with Gasteiger partial charge in [0.05, 0.1) is 29.9 Å². The van der Waals surface area contributed by atoms with Gasteiger partial charge in [0.15, 0.2) is 0 Å². The average molecular weight is 755 g/mol. The first kappa shape index (κ1) is 39.0. The highest BCUT2D eigenvalue weighted by Crippen LogP contribution is 2.37. The van der Waals surface area contributed by atoms with Gasteiger partial charge in [0.1, 0.15) is 42.1 Å². The maximum atomic E-state index is 11.8. The summed E-state index contributed by atoms with van der Waals surface area (Å²) in [6.07, 6.45) is 7.98. The van der Waals surface area contributed by atoms with E-state index < -0.39 is 18.1 Å². The molecule has 54 heavy (non-hydrogen) atoms. The molecule has 284 valence electrons. The SMILES string of the molecule is Cc1c(COc2cc(OCc3cncc(C#N)c3)c(CN[C@](C)(CO)C(=O)O)cc2Cl)cccc1-c1cccc(OCCCN2[C@@H]3CC[C@H]2C[C@@H](O)C3)c1. The predicted octanol–water partition coefficient (Wildman–Crippen LogP) is 6.42. The van der Waals surface area contributed by atoms with Gasteiger partial charge in [-0.3, -0.25) is 20.0 Å². The summed E-state index contributed by atoms with van der Waals surface area (Å²) in [7, 11) is 0. The molecular weight excluding hydrogens is 708 g/mol. The molecule has 2 aliphatic rings. The van der Waals surface area contributed by atoms with Crippen molar-refractivity contribution < 1.29 is 34.3 Å². The Hall–Kier alpha value is -4.70. The molecule has 0 saturated carbocycles. The lowest BCUT2D eigenvalue weighted by Gasteiger charge is -2.37. The number of aliphatic hydroxyl groups excluding tert-OH is 2. The van der Waals surface area contributed by atoms with Gasteiger partial charge in [-0.1, -0.05) is 41.9 Å². The fraction of sp³-hybridized carbons (Fsp3) is 0.405. The number of nitrogens with zero attached hydrogens (tertiary/aromatic N) is 3. The maximum Gasteiger partial charge on any atom is 0.326 e. The first-order chi connectivity index (χ1) is 26.1. The fourth-order valence-electron chi connectivity index (χ4n) is 7.35. The summed E-state index contributed by atoms with van der Waals surface area (Å²) in [6, 6.07) is 22.3. The topological polar surface area (TPSA) is 157 Å².